The Kier molecular flexibility index (Phi) is 7.29. The molecule has 2 unspecified atom stereocenters. The lowest BCUT2D eigenvalue weighted by atomic mass is 9.97. The number of benzene rings is 2. The zero-order valence-electron chi connectivity index (χ0n) is 19.1. The SMILES string of the molecule is CCC(C)c1ccccc1NC(=O)C(C)Sc1nnc(-c2ccco2)n1Cc1ccccc1. The van der Waals surface area contributed by atoms with E-state index in [9.17, 15) is 4.79 Å². The number of carbonyl (C=O) groups is 1. The van der Waals surface area contributed by atoms with E-state index in [0.717, 1.165) is 23.2 Å². The van der Waals surface area contributed by atoms with E-state index in [1.54, 1.807) is 6.26 Å². The van der Waals surface area contributed by atoms with Crippen LogP contribution < -0.4 is 5.32 Å². The number of aromatic nitrogens is 3. The van der Waals surface area contributed by atoms with E-state index in [1.165, 1.54) is 11.8 Å². The number of anilines is 1. The van der Waals surface area contributed by atoms with E-state index >= 15 is 0 Å². The van der Waals surface area contributed by atoms with Crippen LogP contribution in [0, 0.1) is 0 Å². The number of hydrogen-bond acceptors (Lipinski definition) is 5. The van der Waals surface area contributed by atoms with Crippen LogP contribution >= 0.6 is 11.8 Å². The highest BCUT2D eigenvalue weighted by Gasteiger charge is 2.23. The van der Waals surface area contributed by atoms with Gasteiger partial charge >= 0.3 is 0 Å². The molecule has 0 spiro atoms. The fourth-order valence-electron chi connectivity index (χ4n) is 3.58. The first-order valence-electron chi connectivity index (χ1n) is 11.1. The summed E-state index contributed by atoms with van der Waals surface area (Å²) >= 11 is 1.39. The van der Waals surface area contributed by atoms with Crippen molar-refractivity contribution in [2.24, 2.45) is 0 Å². The summed E-state index contributed by atoms with van der Waals surface area (Å²) in [5, 5.41) is 12.2. The van der Waals surface area contributed by atoms with Gasteiger partial charge in [0.2, 0.25) is 11.7 Å². The van der Waals surface area contributed by atoms with Crippen molar-refractivity contribution in [3.63, 3.8) is 0 Å². The van der Waals surface area contributed by atoms with Gasteiger partial charge in [-0.1, -0.05) is 74.1 Å². The molecular formula is C26H28N4O2S. The van der Waals surface area contributed by atoms with E-state index in [4.69, 9.17) is 4.42 Å². The van der Waals surface area contributed by atoms with Gasteiger partial charge < -0.3 is 9.73 Å². The molecule has 2 aromatic heterocycles. The Morgan fingerprint density at radius 3 is 2.52 bits per heavy atom. The summed E-state index contributed by atoms with van der Waals surface area (Å²) in [5.41, 5.74) is 3.13. The summed E-state index contributed by atoms with van der Waals surface area (Å²) in [7, 11) is 0. The molecule has 0 radical (unpaired) electrons. The van der Waals surface area contributed by atoms with Gasteiger partial charge in [-0.2, -0.15) is 0 Å². The fraction of sp³-hybridized carbons (Fsp3) is 0.269. The molecule has 0 aliphatic rings. The average molecular weight is 461 g/mol. The highest BCUT2D eigenvalue weighted by molar-refractivity contribution is 8.00. The van der Waals surface area contributed by atoms with Crippen LogP contribution in [-0.4, -0.2) is 25.9 Å². The monoisotopic (exact) mass is 460 g/mol. The van der Waals surface area contributed by atoms with Crippen LogP contribution in [0.2, 0.25) is 0 Å². The molecule has 1 N–H and O–H groups in total. The zero-order valence-corrected chi connectivity index (χ0v) is 19.9. The molecule has 1 amide bonds. The first kappa shape index (κ1) is 22.9. The van der Waals surface area contributed by atoms with Crippen LogP contribution in [0.4, 0.5) is 5.69 Å². The van der Waals surface area contributed by atoms with Crippen LogP contribution in [0.15, 0.2) is 82.6 Å². The minimum Gasteiger partial charge on any atom is -0.461 e. The van der Waals surface area contributed by atoms with Crippen LogP contribution in [0.3, 0.4) is 0 Å². The predicted octanol–water partition coefficient (Wildman–Crippen LogP) is 6.22. The number of carbonyl (C=O) groups excluding carboxylic acids is 1. The number of nitrogens with zero attached hydrogens (tertiary/aromatic N) is 3. The van der Waals surface area contributed by atoms with Gasteiger partial charge in [-0.15, -0.1) is 10.2 Å². The Hall–Kier alpha value is -3.32. The summed E-state index contributed by atoms with van der Waals surface area (Å²) in [6, 6.07) is 21.8. The number of furan rings is 1. The summed E-state index contributed by atoms with van der Waals surface area (Å²) in [5.74, 6) is 1.59. The normalized spacial score (nSPS) is 12.9. The first-order chi connectivity index (χ1) is 16.1. The minimum absolute atomic E-state index is 0.0652. The predicted molar refractivity (Wildman–Crippen MR) is 132 cm³/mol. The van der Waals surface area contributed by atoms with Gasteiger partial charge in [0, 0.05) is 5.69 Å². The topological polar surface area (TPSA) is 73.0 Å². The van der Waals surface area contributed by atoms with Crippen LogP contribution in [0.25, 0.3) is 11.6 Å². The average Bonchev–Trinajstić information content (AvgIpc) is 3.50. The Labute approximate surface area is 198 Å². The van der Waals surface area contributed by atoms with Crippen LogP contribution in [0.1, 0.15) is 44.2 Å². The zero-order chi connectivity index (χ0) is 23.2. The summed E-state index contributed by atoms with van der Waals surface area (Å²) in [6.45, 7) is 6.79. The Morgan fingerprint density at radius 1 is 1.03 bits per heavy atom. The van der Waals surface area contributed by atoms with Gasteiger partial charge in [-0.05, 0) is 48.6 Å². The largest absolute Gasteiger partial charge is 0.461 e. The minimum atomic E-state index is -0.363. The number of nitrogens with one attached hydrogen (secondary N) is 1. The Balaban J connectivity index is 1.55. The van der Waals surface area contributed by atoms with Gasteiger partial charge in [0.15, 0.2) is 10.9 Å². The molecule has 0 fully saturated rings. The molecule has 4 aromatic rings. The van der Waals surface area contributed by atoms with Gasteiger partial charge in [-0.25, -0.2) is 0 Å². The third kappa shape index (κ3) is 5.37. The van der Waals surface area contributed by atoms with E-state index < -0.39 is 0 Å². The molecule has 2 atom stereocenters. The molecule has 170 valence electrons. The van der Waals surface area contributed by atoms with Crippen molar-refractivity contribution in [3.8, 4) is 11.6 Å². The lowest BCUT2D eigenvalue weighted by Gasteiger charge is -2.18. The number of para-hydroxylation sites is 1. The number of amides is 1. The third-order valence-corrected chi connectivity index (χ3v) is 6.74. The van der Waals surface area contributed by atoms with Crippen molar-refractivity contribution in [1.82, 2.24) is 14.8 Å². The molecular weight excluding hydrogens is 432 g/mol. The Morgan fingerprint density at radius 2 is 1.79 bits per heavy atom. The Bertz CT molecular complexity index is 1190. The second-order valence-electron chi connectivity index (χ2n) is 8.00. The number of thioether (sulfide) groups is 1. The van der Waals surface area contributed by atoms with Gasteiger partial charge in [-0.3, -0.25) is 9.36 Å². The van der Waals surface area contributed by atoms with Gasteiger partial charge in [0.05, 0.1) is 18.1 Å². The van der Waals surface area contributed by atoms with Crippen molar-refractivity contribution in [1.29, 1.82) is 0 Å². The van der Waals surface area contributed by atoms with Crippen molar-refractivity contribution in [2.45, 2.75) is 50.1 Å². The second-order valence-corrected chi connectivity index (χ2v) is 9.31. The van der Waals surface area contributed by atoms with Crippen molar-refractivity contribution >= 4 is 23.4 Å². The molecule has 0 saturated carbocycles. The highest BCUT2D eigenvalue weighted by atomic mass is 32.2. The molecule has 0 aliphatic carbocycles. The first-order valence-corrected chi connectivity index (χ1v) is 12.0. The molecule has 0 saturated heterocycles. The van der Waals surface area contributed by atoms with E-state index in [0.29, 0.717) is 29.2 Å². The molecule has 6 nitrogen and oxygen atoms in total. The fourth-order valence-corrected chi connectivity index (χ4v) is 4.43. The van der Waals surface area contributed by atoms with E-state index in [1.807, 2.05) is 60.0 Å². The van der Waals surface area contributed by atoms with Crippen molar-refractivity contribution in [2.75, 3.05) is 5.32 Å². The number of hydrogen-bond donors (Lipinski definition) is 1. The molecule has 0 aliphatic heterocycles. The lowest BCUT2D eigenvalue weighted by molar-refractivity contribution is -0.115. The highest BCUT2D eigenvalue weighted by Crippen LogP contribution is 2.30. The smallest absolute Gasteiger partial charge is 0.237 e. The summed E-state index contributed by atoms with van der Waals surface area (Å²) in [4.78, 5) is 13.1. The van der Waals surface area contributed by atoms with Gasteiger partial charge in [0.1, 0.15) is 0 Å². The maximum atomic E-state index is 13.1. The molecule has 2 heterocycles. The summed E-state index contributed by atoms with van der Waals surface area (Å²) < 4.78 is 7.57. The van der Waals surface area contributed by atoms with Crippen molar-refractivity contribution in [3.05, 3.63) is 84.1 Å². The van der Waals surface area contributed by atoms with Crippen LogP contribution in [-0.2, 0) is 11.3 Å². The van der Waals surface area contributed by atoms with Gasteiger partial charge in [0.25, 0.3) is 0 Å². The van der Waals surface area contributed by atoms with E-state index in [-0.39, 0.29) is 11.2 Å². The quantitative estimate of drug-likeness (QED) is 0.300. The number of rotatable bonds is 9. The molecule has 4 rings (SSSR count). The van der Waals surface area contributed by atoms with Crippen LogP contribution in [0.5, 0.6) is 0 Å². The summed E-state index contributed by atoms with van der Waals surface area (Å²) in [6.07, 6.45) is 2.63. The molecule has 7 heteroatoms. The maximum absolute atomic E-state index is 13.1. The van der Waals surface area contributed by atoms with E-state index in [2.05, 4.69) is 47.6 Å². The lowest BCUT2D eigenvalue weighted by Crippen LogP contribution is -2.24. The molecule has 2 aromatic carbocycles. The third-order valence-electron chi connectivity index (χ3n) is 5.66. The maximum Gasteiger partial charge on any atom is 0.237 e. The molecule has 33 heavy (non-hydrogen) atoms. The van der Waals surface area contributed by atoms with Crippen molar-refractivity contribution < 1.29 is 9.21 Å². The second kappa shape index (κ2) is 10.5. The standard InChI is InChI=1S/C26H28N4O2S/c1-4-18(2)21-13-8-9-14-22(21)27-25(31)19(3)33-26-29-28-24(23-15-10-16-32-23)30(26)17-20-11-6-5-7-12-20/h5-16,18-19H,4,17H2,1-3H3,(H,27,31). The molecule has 0 bridgehead atoms.